The minimum absolute atomic E-state index is 0.255. The summed E-state index contributed by atoms with van der Waals surface area (Å²) in [4.78, 5) is 22.9. The van der Waals surface area contributed by atoms with Gasteiger partial charge >= 0.3 is 6.18 Å². The van der Waals surface area contributed by atoms with Crippen LogP contribution in [0.4, 0.5) is 13.2 Å². The van der Waals surface area contributed by atoms with Crippen LogP contribution in [0.1, 0.15) is 35.6 Å². The Balaban J connectivity index is 1.58. The third-order valence-corrected chi connectivity index (χ3v) is 6.17. The molecular formula is C25H23F3N6O2. The van der Waals surface area contributed by atoms with Crippen LogP contribution in [0.3, 0.4) is 0 Å². The van der Waals surface area contributed by atoms with E-state index in [4.69, 9.17) is 4.74 Å². The fourth-order valence-electron chi connectivity index (χ4n) is 4.45. The maximum atomic E-state index is 13.4. The molecular weight excluding hydrogens is 473 g/mol. The molecule has 1 amide bonds. The first-order valence-corrected chi connectivity index (χ1v) is 11.2. The van der Waals surface area contributed by atoms with Gasteiger partial charge in [-0.1, -0.05) is 12.1 Å². The van der Waals surface area contributed by atoms with Gasteiger partial charge in [-0.25, -0.2) is 14.6 Å². The Labute approximate surface area is 205 Å². The van der Waals surface area contributed by atoms with Gasteiger partial charge in [-0.2, -0.15) is 18.3 Å². The quantitative estimate of drug-likeness (QED) is 0.418. The molecule has 186 valence electrons. The first-order valence-electron chi connectivity index (χ1n) is 11.2. The summed E-state index contributed by atoms with van der Waals surface area (Å²) in [5.41, 5.74) is 1.86. The summed E-state index contributed by atoms with van der Waals surface area (Å²) in [5.74, 6) is 1.12. The Bertz CT molecular complexity index is 1440. The van der Waals surface area contributed by atoms with Gasteiger partial charge in [-0.3, -0.25) is 4.79 Å². The Morgan fingerprint density at radius 2 is 1.94 bits per heavy atom. The SMILES string of the molecule is COc1cc(-c2nc3n(n2)CCN(C(C)=O)C3c2cccc(C(F)(F)F)c2)ccc1-n1cnc(C)c1. The average Bonchev–Trinajstić information content (AvgIpc) is 3.48. The van der Waals surface area contributed by atoms with Crippen LogP contribution in [0.25, 0.3) is 17.1 Å². The third-order valence-electron chi connectivity index (χ3n) is 6.17. The van der Waals surface area contributed by atoms with Crippen molar-refractivity contribution in [2.24, 2.45) is 0 Å². The normalized spacial score (nSPS) is 15.6. The Morgan fingerprint density at radius 3 is 2.61 bits per heavy atom. The van der Waals surface area contributed by atoms with E-state index in [2.05, 4.69) is 15.1 Å². The maximum absolute atomic E-state index is 13.4. The zero-order valence-corrected chi connectivity index (χ0v) is 19.8. The summed E-state index contributed by atoms with van der Waals surface area (Å²) in [6.07, 6.45) is -0.936. The van der Waals surface area contributed by atoms with Gasteiger partial charge in [0.1, 0.15) is 11.8 Å². The van der Waals surface area contributed by atoms with Crippen molar-refractivity contribution >= 4 is 5.91 Å². The number of hydrogen-bond acceptors (Lipinski definition) is 5. The average molecular weight is 496 g/mol. The second-order valence-corrected chi connectivity index (χ2v) is 8.56. The molecule has 2 aromatic heterocycles. The first kappa shape index (κ1) is 23.6. The van der Waals surface area contributed by atoms with Crippen molar-refractivity contribution in [1.82, 2.24) is 29.2 Å². The Morgan fingerprint density at radius 1 is 1.14 bits per heavy atom. The van der Waals surface area contributed by atoms with Crippen molar-refractivity contribution in [3.05, 3.63) is 77.6 Å². The van der Waals surface area contributed by atoms with Crippen LogP contribution in [0.15, 0.2) is 55.0 Å². The number of methoxy groups -OCH3 is 1. The van der Waals surface area contributed by atoms with Crippen LogP contribution in [-0.2, 0) is 17.5 Å². The topological polar surface area (TPSA) is 78.1 Å². The number of carbonyl (C=O) groups is 1. The second-order valence-electron chi connectivity index (χ2n) is 8.56. The number of carbonyl (C=O) groups excluding carboxylic acids is 1. The molecule has 36 heavy (non-hydrogen) atoms. The summed E-state index contributed by atoms with van der Waals surface area (Å²) in [6.45, 7) is 3.96. The summed E-state index contributed by atoms with van der Waals surface area (Å²) >= 11 is 0. The fourth-order valence-corrected chi connectivity index (χ4v) is 4.45. The van der Waals surface area contributed by atoms with E-state index in [0.717, 1.165) is 23.5 Å². The van der Waals surface area contributed by atoms with Gasteiger partial charge < -0.3 is 14.2 Å². The van der Waals surface area contributed by atoms with Crippen molar-refractivity contribution in [2.75, 3.05) is 13.7 Å². The molecule has 1 atom stereocenters. The van der Waals surface area contributed by atoms with E-state index in [1.807, 2.05) is 29.8 Å². The van der Waals surface area contributed by atoms with Crippen LogP contribution < -0.4 is 4.74 Å². The minimum atomic E-state index is -4.50. The fraction of sp³-hybridized carbons (Fsp3) is 0.280. The highest BCUT2D eigenvalue weighted by Crippen LogP contribution is 2.37. The molecule has 0 spiro atoms. The van der Waals surface area contributed by atoms with Crippen molar-refractivity contribution in [2.45, 2.75) is 32.6 Å². The van der Waals surface area contributed by atoms with Gasteiger partial charge in [0, 0.05) is 25.2 Å². The number of hydrogen-bond donors (Lipinski definition) is 0. The summed E-state index contributed by atoms with van der Waals surface area (Å²) < 4.78 is 49.3. The van der Waals surface area contributed by atoms with E-state index in [0.29, 0.717) is 41.6 Å². The molecule has 3 heterocycles. The molecule has 2 aromatic carbocycles. The number of rotatable bonds is 4. The lowest BCUT2D eigenvalue weighted by Gasteiger charge is -2.35. The van der Waals surface area contributed by atoms with Gasteiger partial charge in [-0.05, 0) is 42.8 Å². The van der Waals surface area contributed by atoms with Crippen molar-refractivity contribution in [1.29, 1.82) is 0 Å². The second kappa shape index (κ2) is 8.81. The van der Waals surface area contributed by atoms with Gasteiger partial charge in [-0.15, -0.1) is 0 Å². The lowest BCUT2D eigenvalue weighted by atomic mass is 10.00. The highest BCUT2D eigenvalue weighted by atomic mass is 19.4. The number of fused-ring (bicyclic) bond motifs is 1. The van der Waals surface area contributed by atoms with Crippen LogP contribution in [0.2, 0.25) is 0 Å². The number of nitrogens with zero attached hydrogens (tertiary/aromatic N) is 6. The molecule has 0 saturated heterocycles. The van der Waals surface area contributed by atoms with Gasteiger partial charge in [0.2, 0.25) is 5.91 Å². The van der Waals surface area contributed by atoms with Crippen molar-refractivity contribution < 1.29 is 22.7 Å². The molecule has 0 aliphatic carbocycles. The molecule has 0 radical (unpaired) electrons. The predicted octanol–water partition coefficient (Wildman–Crippen LogP) is 4.42. The molecule has 0 fully saturated rings. The molecule has 8 nitrogen and oxygen atoms in total. The lowest BCUT2D eigenvalue weighted by molar-refractivity contribution is -0.137. The highest BCUT2D eigenvalue weighted by molar-refractivity contribution is 5.74. The summed E-state index contributed by atoms with van der Waals surface area (Å²) in [7, 11) is 1.56. The number of benzene rings is 2. The third kappa shape index (κ3) is 4.21. The van der Waals surface area contributed by atoms with Gasteiger partial charge in [0.05, 0.1) is 36.9 Å². The number of imidazole rings is 1. The number of halogens is 3. The van der Waals surface area contributed by atoms with Crippen LogP contribution in [0.5, 0.6) is 5.75 Å². The molecule has 1 aliphatic rings. The van der Waals surface area contributed by atoms with E-state index in [-0.39, 0.29) is 5.91 Å². The minimum Gasteiger partial charge on any atom is -0.495 e. The van der Waals surface area contributed by atoms with E-state index >= 15 is 0 Å². The number of aromatic nitrogens is 5. The molecule has 0 N–H and O–H groups in total. The largest absolute Gasteiger partial charge is 0.495 e. The van der Waals surface area contributed by atoms with Gasteiger partial charge in [0.25, 0.3) is 0 Å². The van der Waals surface area contributed by atoms with Crippen molar-refractivity contribution in [3.8, 4) is 22.8 Å². The Kier molecular flexibility index (Phi) is 5.77. The van der Waals surface area contributed by atoms with Gasteiger partial charge in [0.15, 0.2) is 11.6 Å². The van der Waals surface area contributed by atoms with Crippen LogP contribution in [0, 0.1) is 6.92 Å². The molecule has 0 saturated carbocycles. The van der Waals surface area contributed by atoms with E-state index in [9.17, 15) is 18.0 Å². The molecule has 1 aliphatic heterocycles. The zero-order chi connectivity index (χ0) is 25.6. The van der Waals surface area contributed by atoms with Crippen LogP contribution in [-0.4, -0.2) is 48.8 Å². The standard InChI is InChI=1S/C25H23F3N6O2/c1-15-13-32(14-29-15)20-8-7-18(12-21(20)36-3)23-30-24-22(33(16(2)35)9-10-34(24)31-23)17-5-4-6-19(11-17)25(26,27)28/h4-8,11-14,22H,9-10H2,1-3H3. The van der Waals surface area contributed by atoms with Crippen LogP contribution >= 0.6 is 0 Å². The summed E-state index contributed by atoms with van der Waals surface area (Å²) in [6, 6.07) is 9.70. The lowest BCUT2D eigenvalue weighted by Crippen LogP contribution is -2.42. The smallest absolute Gasteiger partial charge is 0.416 e. The number of alkyl halides is 3. The maximum Gasteiger partial charge on any atom is 0.416 e. The number of amides is 1. The molecule has 1 unspecified atom stereocenters. The molecule has 0 bridgehead atoms. The monoisotopic (exact) mass is 496 g/mol. The molecule has 11 heteroatoms. The number of aryl methyl sites for hydroxylation is 1. The summed E-state index contributed by atoms with van der Waals surface area (Å²) in [5, 5.41) is 4.61. The molecule has 5 rings (SSSR count). The van der Waals surface area contributed by atoms with E-state index < -0.39 is 17.8 Å². The van der Waals surface area contributed by atoms with Crippen molar-refractivity contribution in [3.63, 3.8) is 0 Å². The van der Waals surface area contributed by atoms with E-state index in [1.165, 1.54) is 17.9 Å². The predicted molar refractivity (Wildman–Crippen MR) is 125 cm³/mol. The first-order chi connectivity index (χ1) is 17.2. The highest BCUT2D eigenvalue weighted by Gasteiger charge is 2.36. The molecule has 4 aromatic rings. The van der Waals surface area contributed by atoms with E-state index in [1.54, 1.807) is 30.3 Å². The zero-order valence-electron chi connectivity index (χ0n) is 19.8. The Hall–Kier alpha value is -4.15. The number of ether oxygens (including phenoxy) is 1.